The lowest BCUT2D eigenvalue weighted by Gasteiger charge is -2.26. The molecule has 0 radical (unpaired) electrons. The molecular formula is C11H19NO5. The number of carbonyl (C=O) groups excluding carboxylic acids is 2. The van der Waals surface area contributed by atoms with Gasteiger partial charge in [-0.15, -0.1) is 0 Å². The highest BCUT2D eigenvalue weighted by molar-refractivity contribution is 5.81. The Morgan fingerprint density at radius 1 is 1.41 bits per heavy atom. The van der Waals surface area contributed by atoms with Gasteiger partial charge in [-0.05, 0) is 6.92 Å². The molecule has 0 aromatic heterocycles. The summed E-state index contributed by atoms with van der Waals surface area (Å²) in [7, 11) is 1.64. The second-order valence-electron chi connectivity index (χ2n) is 3.75. The first kappa shape index (κ1) is 13.9. The van der Waals surface area contributed by atoms with E-state index in [0.717, 1.165) is 0 Å². The van der Waals surface area contributed by atoms with E-state index in [1.807, 2.05) is 0 Å². The zero-order valence-electron chi connectivity index (χ0n) is 10.3. The van der Waals surface area contributed by atoms with E-state index in [1.54, 1.807) is 14.0 Å². The fourth-order valence-corrected chi connectivity index (χ4v) is 1.48. The lowest BCUT2D eigenvalue weighted by atomic mass is 10.3. The van der Waals surface area contributed by atoms with Crippen LogP contribution in [0.2, 0.25) is 0 Å². The van der Waals surface area contributed by atoms with Crippen molar-refractivity contribution in [1.82, 2.24) is 4.90 Å². The van der Waals surface area contributed by atoms with Gasteiger partial charge in [0, 0.05) is 13.6 Å². The van der Waals surface area contributed by atoms with E-state index < -0.39 is 6.10 Å². The number of amides is 1. The van der Waals surface area contributed by atoms with Crippen molar-refractivity contribution in [2.24, 2.45) is 0 Å². The van der Waals surface area contributed by atoms with Gasteiger partial charge in [0.15, 0.2) is 6.10 Å². The van der Waals surface area contributed by atoms with Crippen LogP contribution in [0.3, 0.4) is 0 Å². The van der Waals surface area contributed by atoms with E-state index in [9.17, 15) is 9.59 Å². The number of hydrogen-bond acceptors (Lipinski definition) is 5. The molecule has 1 aliphatic rings. The quantitative estimate of drug-likeness (QED) is 0.628. The van der Waals surface area contributed by atoms with Gasteiger partial charge < -0.3 is 19.1 Å². The fraction of sp³-hybridized carbons (Fsp3) is 0.818. The third-order valence-corrected chi connectivity index (χ3v) is 2.42. The number of hydrogen-bond donors (Lipinski definition) is 0. The van der Waals surface area contributed by atoms with Gasteiger partial charge in [0.2, 0.25) is 0 Å². The Morgan fingerprint density at radius 2 is 2.18 bits per heavy atom. The molecule has 0 N–H and O–H groups in total. The zero-order valence-corrected chi connectivity index (χ0v) is 10.3. The molecule has 1 rings (SSSR count). The van der Waals surface area contributed by atoms with Crippen molar-refractivity contribution >= 4 is 11.9 Å². The van der Waals surface area contributed by atoms with E-state index in [-0.39, 0.29) is 24.9 Å². The minimum Gasteiger partial charge on any atom is -0.466 e. The summed E-state index contributed by atoms with van der Waals surface area (Å²) in [6.45, 7) is 3.68. The molecule has 1 saturated heterocycles. The maximum Gasteiger partial charge on any atom is 0.307 e. The SMILES string of the molecule is CCOC(=O)CCN(C)C(=O)C1COCCO1. The molecular weight excluding hydrogens is 226 g/mol. The summed E-state index contributed by atoms with van der Waals surface area (Å²) >= 11 is 0. The van der Waals surface area contributed by atoms with Crippen LogP contribution in [0.4, 0.5) is 0 Å². The molecule has 98 valence electrons. The maximum atomic E-state index is 11.8. The number of likely N-dealkylation sites (N-methyl/N-ethyl adjacent to an activating group) is 1. The molecule has 1 heterocycles. The fourth-order valence-electron chi connectivity index (χ4n) is 1.48. The predicted molar refractivity (Wildman–Crippen MR) is 59.4 cm³/mol. The lowest BCUT2D eigenvalue weighted by Crippen LogP contribution is -2.44. The van der Waals surface area contributed by atoms with Gasteiger partial charge in [0.05, 0.1) is 32.8 Å². The van der Waals surface area contributed by atoms with E-state index >= 15 is 0 Å². The highest BCUT2D eigenvalue weighted by Gasteiger charge is 2.25. The van der Waals surface area contributed by atoms with Crippen LogP contribution in [0, 0.1) is 0 Å². The summed E-state index contributed by atoms with van der Waals surface area (Å²) in [5.74, 6) is -0.457. The minimum absolute atomic E-state index is 0.158. The van der Waals surface area contributed by atoms with E-state index in [1.165, 1.54) is 4.90 Å². The van der Waals surface area contributed by atoms with Crippen LogP contribution in [0.1, 0.15) is 13.3 Å². The minimum atomic E-state index is -0.545. The highest BCUT2D eigenvalue weighted by atomic mass is 16.6. The third kappa shape index (κ3) is 4.70. The number of carbonyl (C=O) groups is 2. The molecule has 1 aliphatic heterocycles. The van der Waals surface area contributed by atoms with Crippen LogP contribution in [0.25, 0.3) is 0 Å². The van der Waals surface area contributed by atoms with Crippen LogP contribution in [0.5, 0.6) is 0 Å². The second-order valence-corrected chi connectivity index (χ2v) is 3.75. The van der Waals surface area contributed by atoms with Gasteiger partial charge in [0.25, 0.3) is 5.91 Å². The van der Waals surface area contributed by atoms with Crippen molar-refractivity contribution < 1.29 is 23.8 Å². The highest BCUT2D eigenvalue weighted by Crippen LogP contribution is 2.05. The largest absolute Gasteiger partial charge is 0.466 e. The van der Waals surface area contributed by atoms with Crippen LogP contribution in [-0.4, -0.2) is 62.9 Å². The Labute approximate surface area is 101 Å². The molecule has 1 unspecified atom stereocenters. The third-order valence-electron chi connectivity index (χ3n) is 2.42. The smallest absolute Gasteiger partial charge is 0.307 e. The van der Waals surface area contributed by atoms with Gasteiger partial charge in [-0.1, -0.05) is 0 Å². The number of rotatable bonds is 5. The molecule has 0 aromatic rings. The van der Waals surface area contributed by atoms with Crippen LogP contribution < -0.4 is 0 Å². The molecule has 0 saturated carbocycles. The molecule has 0 bridgehead atoms. The predicted octanol–water partition coefficient (Wildman–Crippen LogP) is -0.187. The van der Waals surface area contributed by atoms with Crippen molar-refractivity contribution in [1.29, 1.82) is 0 Å². The lowest BCUT2D eigenvalue weighted by molar-refractivity contribution is -0.157. The van der Waals surface area contributed by atoms with Crippen molar-refractivity contribution in [2.75, 3.05) is 40.0 Å². The first-order chi connectivity index (χ1) is 8.15. The molecule has 0 aromatic carbocycles. The average molecular weight is 245 g/mol. The van der Waals surface area contributed by atoms with Gasteiger partial charge in [0.1, 0.15) is 0 Å². The summed E-state index contributed by atoms with van der Waals surface area (Å²) in [5, 5.41) is 0. The molecule has 1 atom stereocenters. The average Bonchev–Trinajstić information content (AvgIpc) is 2.36. The Morgan fingerprint density at radius 3 is 2.76 bits per heavy atom. The van der Waals surface area contributed by atoms with Crippen molar-refractivity contribution in [3.05, 3.63) is 0 Å². The van der Waals surface area contributed by atoms with Crippen LogP contribution >= 0.6 is 0 Å². The molecule has 0 spiro atoms. The normalized spacial score (nSPS) is 19.8. The Balaban J connectivity index is 2.28. The summed E-state index contributed by atoms with van der Waals surface area (Å²) in [6, 6.07) is 0. The van der Waals surface area contributed by atoms with E-state index in [2.05, 4.69) is 0 Å². The molecule has 6 nitrogen and oxygen atoms in total. The standard InChI is InChI=1S/C11H19NO5/c1-3-16-10(13)4-5-12(2)11(14)9-8-15-6-7-17-9/h9H,3-8H2,1-2H3. The number of ether oxygens (including phenoxy) is 3. The van der Waals surface area contributed by atoms with Gasteiger partial charge >= 0.3 is 5.97 Å². The summed E-state index contributed by atoms with van der Waals surface area (Å²) in [5.41, 5.74) is 0. The van der Waals surface area contributed by atoms with Gasteiger partial charge in [-0.3, -0.25) is 9.59 Å². The van der Waals surface area contributed by atoms with Crippen molar-refractivity contribution in [3.63, 3.8) is 0 Å². The van der Waals surface area contributed by atoms with E-state index in [0.29, 0.717) is 26.4 Å². The monoisotopic (exact) mass is 245 g/mol. The first-order valence-electron chi connectivity index (χ1n) is 5.75. The summed E-state index contributed by atoms with van der Waals surface area (Å²) < 4.78 is 15.2. The topological polar surface area (TPSA) is 65.1 Å². The van der Waals surface area contributed by atoms with Gasteiger partial charge in [-0.2, -0.15) is 0 Å². The van der Waals surface area contributed by atoms with Gasteiger partial charge in [-0.25, -0.2) is 0 Å². The number of nitrogens with zero attached hydrogens (tertiary/aromatic N) is 1. The van der Waals surface area contributed by atoms with Crippen molar-refractivity contribution in [3.8, 4) is 0 Å². The molecule has 0 aliphatic carbocycles. The number of esters is 1. The second kappa shape index (κ2) is 7.24. The summed E-state index contributed by atoms with van der Waals surface area (Å²) in [6.07, 6.45) is -0.347. The van der Waals surface area contributed by atoms with Crippen LogP contribution in [0.15, 0.2) is 0 Å². The molecule has 6 heteroatoms. The molecule has 17 heavy (non-hydrogen) atoms. The zero-order chi connectivity index (χ0) is 12.7. The summed E-state index contributed by atoms with van der Waals surface area (Å²) in [4.78, 5) is 24.4. The van der Waals surface area contributed by atoms with E-state index in [4.69, 9.17) is 14.2 Å². The van der Waals surface area contributed by atoms with Crippen LogP contribution in [-0.2, 0) is 23.8 Å². The molecule has 1 fully saturated rings. The Bertz CT molecular complexity index is 263. The maximum absolute atomic E-state index is 11.8. The Hall–Kier alpha value is -1.14. The molecule has 1 amide bonds. The van der Waals surface area contributed by atoms with Crippen molar-refractivity contribution in [2.45, 2.75) is 19.4 Å². The Kier molecular flexibility index (Phi) is 5.93. The first-order valence-corrected chi connectivity index (χ1v) is 5.75.